The van der Waals surface area contributed by atoms with E-state index in [9.17, 15) is 14.9 Å². The minimum atomic E-state index is -0.361. The molecule has 1 saturated carbocycles. The van der Waals surface area contributed by atoms with Gasteiger partial charge >= 0.3 is 0 Å². The average molecular weight is 462 g/mol. The molecule has 2 aromatic rings. The SMILES string of the molecule is CCOc1cc(/C=C(/C#N)C(=O)NC2CCCCC2)ccc1OCC(=O)Nc1ccccc1C. The van der Waals surface area contributed by atoms with Gasteiger partial charge in [0.15, 0.2) is 18.1 Å². The number of nitrogens with zero attached hydrogens (tertiary/aromatic N) is 1. The highest BCUT2D eigenvalue weighted by Gasteiger charge is 2.18. The van der Waals surface area contributed by atoms with Crippen LogP contribution in [0.5, 0.6) is 11.5 Å². The summed E-state index contributed by atoms with van der Waals surface area (Å²) in [5.74, 6) is 0.196. The van der Waals surface area contributed by atoms with E-state index in [-0.39, 0.29) is 30.0 Å². The summed E-state index contributed by atoms with van der Waals surface area (Å²) in [4.78, 5) is 24.9. The molecular weight excluding hydrogens is 430 g/mol. The molecule has 7 heteroatoms. The number of para-hydroxylation sites is 1. The number of anilines is 1. The third-order valence-electron chi connectivity index (χ3n) is 5.66. The summed E-state index contributed by atoms with van der Waals surface area (Å²) >= 11 is 0. The number of carbonyl (C=O) groups is 2. The molecule has 178 valence electrons. The number of hydrogen-bond donors (Lipinski definition) is 2. The van der Waals surface area contributed by atoms with Crippen LogP contribution in [0.3, 0.4) is 0 Å². The molecule has 1 aliphatic carbocycles. The van der Waals surface area contributed by atoms with E-state index < -0.39 is 0 Å². The molecule has 0 bridgehead atoms. The first-order chi connectivity index (χ1) is 16.5. The van der Waals surface area contributed by atoms with E-state index in [2.05, 4.69) is 10.6 Å². The zero-order chi connectivity index (χ0) is 24.3. The molecule has 0 saturated heterocycles. The summed E-state index contributed by atoms with van der Waals surface area (Å²) in [6, 6.07) is 14.7. The number of nitrogens with one attached hydrogen (secondary N) is 2. The number of nitriles is 1. The van der Waals surface area contributed by atoms with Crippen LogP contribution in [0, 0.1) is 18.3 Å². The van der Waals surface area contributed by atoms with Crippen LogP contribution in [0.4, 0.5) is 5.69 Å². The molecule has 0 aromatic heterocycles. The van der Waals surface area contributed by atoms with Crippen molar-refractivity contribution in [2.45, 2.75) is 52.0 Å². The first-order valence-electron chi connectivity index (χ1n) is 11.7. The summed E-state index contributed by atoms with van der Waals surface area (Å²) in [5.41, 5.74) is 2.37. The Kier molecular flexibility index (Phi) is 9.10. The maximum Gasteiger partial charge on any atom is 0.262 e. The van der Waals surface area contributed by atoms with Gasteiger partial charge < -0.3 is 20.1 Å². The van der Waals surface area contributed by atoms with Crippen molar-refractivity contribution in [1.29, 1.82) is 5.26 Å². The smallest absolute Gasteiger partial charge is 0.262 e. The Morgan fingerprint density at radius 2 is 1.85 bits per heavy atom. The molecule has 0 spiro atoms. The highest BCUT2D eigenvalue weighted by molar-refractivity contribution is 6.01. The Labute approximate surface area is 200 Å². The highest BCUT2D eigenvalue weighted by atomic mass is 16.5. The first-order valence-corrected chi connectivity index (χ1v) is 11.7. The topological polar surface area (TPSA) is 100 Å². The van der Waals surface area contributed by atoms with Crippen molar-refractivity contribution in [1.82, 2.24) is 5.32 Å². The van der Waals surface area contributed by atoms with Gasteiger partial charge in [-0.2, -0.15) is 5.26 Å². The van der Waals surface area contributed by atoms with Gasteiger partial charge in [-0.3, -0.25) is 9.59 Å². The van der Waals surface area contributed by atoms with E-state index >= 15 is 0 Å². The van der Waals surface area contributed by atoms with E-state index in [4.69, 9.17) is 9.47 Å². The second-order valence-electron chi connectivity index (χ2n) is 8.27. The molecule has 2 aromatic carbocycles. The number of hydrogen-bond acceptors (Lipinski definition) is 5. The van der Waals surface area contributed by atoms with E-state index in [0.29, 0.717) is 23.7 Å². The molecule has 0 unspecified atom stereocenters. The molecule has 1 fully saturated rings. The van der Waals surface area contributed by atoms with Gasteiger partial charge in [0.1, 0.15) is 11.6 Å². The van der Waals surface area contributed by atoms with Crippen LogP contribution in [-0.4, -0.2) is 31.1 Å². The van der Waals surface area contributed by atoms with Crippen LogP contribution in [0.2, 0.25) is 0 Å². The van der Waals surface area contributed by atoms with Crippen LogP contribution in [-0.2, 0) is 9.59 Å². The van der Waals surface area contributed by atoms with Crippen LogP contribution >= 0.6 is 0 Å². The van der Waals surface area contributed by atoms with Crippen LogP contribution in [0.15, 0.2) is 48.0 Å². The molecule has 0 heterocycles. The number of benzene rings is 2. The summed E-state index contributed by atoms with van der Waals surface area (Å²) < 4.78 is 11.4. The first kappa shape index (κ1) is 24.8. The van der Waals surface area contributed by atoms with Crippen LogP contribution in [0.1, 0.15) is 50.2 Å². The van der Waals surface area contributed by atoms with Gasteiger partial charge in [-0.25, -0.2) is 0 Å². The molecule has 0 atom stereocenters. The Hall–Kier alpha value is -3.79. The van der Waals surface area contributed by atoms with Gasteiger partial charge in [0.2, 0.25) is 0 Å². The lowest BCUT2D eigenvalue weighted by atomic mass is 9.95. The predicted octanol–water partition coefficient (Wildman–Crippen LogP) is 4.77. The van der Waals surface area contributed by atoms with Gasteiger partial charge in [0, 0.05) is 11.7 Å². The van der Waals surface area contributed by atoms with Crippen molar-refractivity contribution >= 4 is 23.6 Å². The predicted molar refractivity (Wildman–Crippen MR) is 132 cm³/mol. The van der Waals surface area contributed by atoms with E-state index in [1.165, 1.54) is 12.5 Å². The Balaban J connectivity index is 1.67. The fraction of sp³-hybridized carbons (Fsp3) is 0.370. The van der Waals surface area contributed by atoms with Crippen molar-refractivity contribution in [3.8, 4) is 17.6 Å². The van der Waals surface area contributed by atoms with E-state index in [1.54, 1.807) is 18.2 Å². The second-order valence-corrected chi connectivity index (χ2v) is 8.27. The third-order valence-corrected chi connectivity index (χ3v) is 5.66. The zero-order valence-corrected chi connectivity index (χ0v) is 19.7. The van der Waals surface area contributed by atoms with Gasteiger partial charge in [0.05, 0.1) is 6.61 Å². The number of carbonyl (C=O) groups excluding carboxylic acids is 2. The fourth-order valence-corrected chi connectivity index (χ4v) is 3.87. The molecule has 0 aliphatic heterocycles. The minimum absolute atomic E-state index is 0.0410. The number of rotatable bonds is 9. The molecule has 3 rings (SSSR count). The van der Waals surface area contributed by atoms with Gasteiger partial charge in [0.25, 0.3) is 11.8 Å². The largest absolute Gasteiger partial charge is 0.490 e. The summed E-state index contributed by atoms with van der Waals surface area (Å²) in [6.45, 7) is 3.97. The summed E-state index contributed by atoms with van der Waals surface area (Å²) in [6.07, 6.45) is 6.81. The molecular formula is C27H31N3O4. The third kappa shape index (κ3) is 7.11. The molecule has 34 heavy (non-hydrogen) atoms. The monoisotopic (exact) mass is 461 g/mol. The van der Waals surface area contributed by atoms with Crippen LogP contribution in [0.25, 0.3) is 6.08 Å². The van der Waals surface area contributed by atoms with Gasteiger partial charge in [-0.15, -0.1) is 0 Å². The maximum atomic E-state index is 12.6. The average Bonchev–Trinajstić information content (AvgIpc) is 2.84. The quantitative estimate of drug-likeness (QED) is 0.414. The van der Waals surface area contributed by atoms with Crippen molar-refractivity contribution < 1.29 is 19.1 Å². The van der Waals surface area contributed by atoms with Crippen molar-refractivity contribution in [2.75, 3.05) is 18.5 Å². The van der Waals surface area contributed by atoms with Crippen molar-refractivity contribution in [3.63, 3.8) is 0 Å². The lowest BCUT2D eigenvalue weighted by Gasteiger charge is -2.22. The molecule has 1 aliphatic rings. The molecule has 7 nitrogen and oxygen atoms in total. The zero-order valence-electron chi connectivity index (χ0n) is 19.7. The second kappa shape index (κ2) is 12.4. The summed E-state index contributed by atoms with van der Waals surface area (Å²) in [5, 5.41) is 15.3. The van der Waals surface area contributed by atoms with Crippen LogP contribution < -0.4 is 20.1 Å². The standard InChI is InChI=1S/C27H31N3O4/c1-3-33-25-16-20(15-21(17-28)27(32)29-22-10-5-4-6-11-22)13-14-24(25)34-18-26(31)30-23-12-8-7-9-19(23)2/h7-9,12-16,22H,3-6,10-11,18H2,1-2H3,(H,29,32)(H,30,31)/b21-15-. The van der Waals surface area contributed by atoms with Crippen molar-refractivity contribution in [3.05, 3.63) is 59.2 Å². The lowest BCUT2D eigenvalue weighted by molar-refractivity contribution is -0.118. The number of aryl methyl sites for hydroxylation is 1. The number of amides is 2. The number of ether oxygens (including phenoxy) is 2. The Morgan fingerprint density at radius 1 is 1.09 bits per heavy atom. The molecule has 2 N–H and O–H groups in total. The normalized spacial score (nSPS) is 14.1. The minimum Gasteiger partial charge on any atom is -0.490 e. The van der Waals surface area contributed by atoms with Gasteiger partial charge in [-0.05, 0) is 62.1 Å². The Morgan fingerprint density at radius 3 is 2.56 bits per heavy atom. The maximum absolute atomic E-state index is 12.6. The summed E-state index contributed by atoms with van der Waals surface area (Å²) in [7, 11) is 0. The van der Waals surface area contributed by atoms with E-state index in [0.717, 1.165) is 36.9 Å². The van der Waals surface area contributed by atoms with E-state index in [1.807, 2.05) is 44.2 Å². The molecule has 2 amide bonds. The van der Waals surface area contributed by atoms with Gasteiger partial charge in [-0.1, -0.05) is 43.5 Å². The highest BCUT2D eigenvalue weighted by Crippen LogP contribution is 2.29. The molecule has 0 radical (unpaired) electrons. The van der Waals surface area contributed by atoms with Crippen molar-refractivity contribution in [2.24, 2.45) is 0 Å². The lowest BCUT2D eigenvalue weighted by Crippen LogP contribution is -2.36. The fourth-order valence-electron chi connectivity index (χ4n) is 3.87. The Bertz CT molecular complexity index is 1080.